The third-order valence-corrected chi connectivity index (χ3v) is 6.02. The molecule has 1 saturated carbocycles. The molecule has 1 aliphatic rings. The van der Waals surface area contributed by atoms with E-state index in [9.17, 15) is 13.2 Å². The molecule has 0 bridgehead atoms. The first-order valence-electron chi connectivity index (χ1n) is 7.66. The molecular weight excluding hydrogens is 278 g/mol. The van der Waals surface area contributed by atoms with E-state index in [0.29, 0.717) is 18.9 Å². The lowest BCUT2D eigenvalue weighted by Crippen LogP contribution is -2.34. The van der Waals surface area contributed by atoms with Crippen molar-refractivity contribution in [2.45, 2.75) is 70.0 Å². The minimum absolute atomic E-state index is 0.167. The highest BCUT2D eigenvalue weighted by Crippen LogP contribution is 2.24. The summed E-state index contributed by atoms with van der Waals surface area (Å²) in [5, 5.41) is 8.50. The van der Waals surface area contributed by atoms with Gasteiger partial charge in [-0.05, 0) is 31.6 Å². The zero-order valence-electron chi connectivity index (χ0n) is 12.3. The molecule has 0 amide bonds. The van der Waals surface area contributed by atoms with Crippen molar-refractivity contribution in [3.05, 3.63) is 0 Å². The number of carbonyl (C=O) groups is 1. The van der Waals surface area contributed by atoms with Crippen molar-refractivity contribution < 1.29 is 18.3 Å². The lowest BCUT2D eigenvalue weighted by Gasteiger charge is -2.17. The molecule has 0 heterocycles. The van der Waals surface area contributed by atoms with Crippen molar-refractivity contribution in [2.24, 2.45) is 5.92 Å². The number of hydrogen-bond donors (Lipinski definition) is 2. The molecule has 0 spiro atoms. The van der Waals surface area contributed by atoms with Crippen LogP contribution in [0.2, 0.25) is 0 Å². The number of aliphatic carboxylic acids is 1. The Morgan fingerprint density at radius 1 is 1.25 bits per heavy atom. The smallest absolute Gasteiger partial charge is 0.303 e. The van der Waals surface area contributed by atoms with Gasteiger partial charge in [-0.15, -0.1) is 0 Å². The Hall–Kier alpha value is -0.620. The van der Waals surface area contributed by atoms with Crippen LogP contribution in [-0.2, 0) is 14.8 Å². The van der Waals surface area contributed by atoms with Crippen LogP contribution in [0, 0.1) is 5.92 Å². The van der Waals surface area contributed by atoms with Crippen molar-refractivity contribution in [2.75, 3.05) is 6.54 Å². The highest BCUT2D eigenvalue weighted by atomic mass is 32.2. The van der Waals surface area contributed by atoms with E-state index in [1.807, 2.05) is 0 Å². The van der Waals surface area contributed by atoms with Gasteiger partial charge in [-0.3, -0.25) is 4.79 Å². The van der Waals surface area contributed by atoms with E-state index in [2.05, 4.69) is 11.6 Å². The molecule has 20 heavy (non-hydrogen) atoms. The summed E-state index contributed by atoms with van der Waals surface area (Å²) in [4.78, 5) is 10.6. The number of carboxylic acid groups (broad SMARTS) is 1. The van der Waals surface area contributed by atoms with Crippen LogP contribution in [0.15, 0.2) is 0 Å². The first-order valence-corrected chi connectivity index (χ1v) is 9.20. The van der Waals surface area contributed by atoms with Gasteiger partial charge < -0.3 is 5.11 Å². The first-order chi connectivity index (χ1) is 9.45. The van der Waals surface area contributed by atoms with Crippen molar-refractivity contribution in [1.29, 1.82) is 0 Å². The van der Waals surface area contributed by atoms with Gasteiger partial charge in [-0.25, -0.2) is 13.1 Å². The second kappa shape index (κ2) is 8.62. The van der Waals surface area contributed by atoms with Gasteiger partial charge in [0.15, 0.2) is 0 Å². The molecule has 1 unspecified atom stereocenters. The van der Waals surface area contributed by atoms with Gasteiger partial charge in [0.1, 0.15) is 0 Å². The molecule has 5 nitrogen and oxygen atoms in total. The standard InChI is InChI=1S/C14H27NO4S/c1-2-5-12(8-9-14(16)17)10-11-15-20(18,19)13-6-3-4-7-13/h12-13,15H,2-11H2,1H3,(H,16,17). The van der Waals surface area contributed by atoms with Crippen LogP contribution >= 0.6 is 0 Å². The van der Waals surface area contributed by atoms with E-state index in [0.717, 1.165) is 44.9 Å². The molecule has 6 heteroatoms. The fraction of sp³-hybridized carbons (Fsp3) is 0.929. The molecule has 0 aromatic heterocycles. The maximum atomic E-state index is 12.0. The first kappa shape index (κ1) is 17.4. The molecule has 0 aromatic carbocycles. The van der Waals surface area contributed by atoms with Gasteiger partial charge in [-0.1, -0.05) is 32.6 Å². The summed E-state index contributed by atoms with van der Waals surface area (Å²) in [6, 6.07) is 0. The zero-order valence-corrected chi connectivity index (χ0v) is 13.1. The third-order valence-electron chi connectivity index (χ3n) is 4.06. The summed E-state index contributed by atoms with van der Waals surface area (Å²) >= 11 is 0. The second-order valence-corrected chi connectivity index (χ2v) is 7.77. The summed E-state index contributed by atoms with van der Waals surface area (Å²) in [5.41, 5.74) is 0. The Balaban J connectivity index is 2.33. The predicted octanol–water partition coefficient (Wildman–Crippen LogP) is 2.52. The molecule has 1 aliphatic carbocycles. The van der Waals surface area contributed by atoms with Gasteiger partial charge >= 0.3 is 5.97 Å². The molecule has 1 rings (SSSR count). The number of carboxylic acids is 1. The zero-order chi connectivity index (χ0) is 15.0. The monoisotopic (exact) mass is 305 g/mol. The lowest BCUT2D eigenvalue weighted by molar-refractivity contribution is -0.137. The summed E-state index contributed by atoms with van der Waals surface area (Å²) in [6.07, 6.45) is 7.03. The molecule has 0 aliphatic heterocycles. The van der Waals surface area contributed by atoms with Crippen LogP contribution in [0.1, 0.15) is 64.7 Å². The largest absolute Gasteiger partial charge is 0.481 e. The second-order valence-electron chi connectivity index (χ2n) is 5.72. The minimum Gasteiger partial charge on any atom is -0.481 e. The Labute approximate surface area is 122 Å². The number of rotatable bonds is 10. The van der Waals surface area contributed by atoms with E-state index < -0.39 is 16.0 Å². The van der Waals surface area contributed by atoms with Crippen LogP contribution in [0.4, 0.5) is 0 Å². The Bertz CT molecular complexity index is 388. The van der Waals surface area contributed by atoms with Crippen molar-refractivity contribution in [3.8, 4) is 0 Å². The van der Waals surface area contributed by atoms with Crippen LogP contribution in [-0.4, -0.2) is 31.3 Å². The van der Waals surface area contributed by atoms with Crippen LogP contribution in [0.5, 0.6) is 0 Å². The van der Waals surface area contributed by atoms with Crippen molar-refractivity contribution in [1.82, 2.24) is 4.72 Å². The van der Waals surface area contributed by atoms with Crippen molar-refractivity contribution >= 4 is 16.0 Å². The van der Waals surface area contributed by atoms with E-state index in [4.69, 9.17) is 5.11 Å². The van der Waals surface area contributed by atoms with E-state index >= 15 is 0 Å². The van der Waals surface area contributed by atoms with E-state index in [1.165, 1.54) is 0 Å². The molecule has 2 N–H and O–H groups in total. The maximum absolute atomic E-state index is 12.0. The molecule has 0 saturated heterocycles. The van der Waals surface area contributed by atoms with Gasteiger partial charge in [-0.2, -0.15) is 0 Å². The number of sulfonamides is 1. The fourth-order valence-electron chi connectivity index (χ4n) is 2.89. The molecule has 1 fully saturated rings. The summed E-state index contributed by atoms with van der Waals surface area (Å²) in [5.74, 6) is -0.486. The minimum atomic E-state index is -3.17. The molecule has 1 atom stereocenters. The van der Waals surface area contributed by atoms with Crippen LogP contribution < -0.4 is 4.72 Å². The Morgan fingerprint density at radius 2 is 1.90 bits per heavy atom. The summed E-state index contributed by atoms with van der Waals surface area (Å²) in [7, 11) is -3.17. The average Bonchev–Trinajstić information content (AvgIpc) is 2.90. The van der Waals surface area contributed by atoms with Crippen LogP contribution in [0.3, 0.4) is 0 Å². The van der Waals surface area contributed by atoms with E-state index in [-0.39, 0.29) is 11.7 Å². The summed E-state index contributed by atoms with van der Waals surface area (Å²) < 4.78 is 26.8. The fourth-order valence-corrected chi connectivity index (χ4v) is 4.48. The van der Waals surface area contributed by atoms with Gasteiger partial charge in [0.05, 0.1) is 5.25 Å². The Morgan fingerprint density at radius 3 is 2.45 bits per heavy atom. The highest BCUT2D eigenvalue weighted by molar-refractivity contribution is 7.90. The normalized spacial score (nSPS) is 18.2. The molecule has 0 radical (unpaired) electrons. The SMILES string of the molecule is CCCC(CCNS(=O)(=O)C1CCCC1)CCC(=O)O. The highest BCUT2D eigenvalue weighted by Gasteiger charge is 2.28. The number of nitrogens with one attached hydrogen (secondary N) is 1. The third kappa shape index (κ3) is 6.22. The van der Waals surface area contributed by atoms with Crippen molar-refractivity contribution in [3.63, 3.8) is 0 Å². The van der Waals surface area contributed by atoms with Crippen LogP contribution in [0.25, 0.3) is 0 Å². The maximum Gasteiger partial charge on any atom is 0.303 e. The van der Waals surface area contributed by atoms with Gasteiger partial charge in [0.25, 0.3) is 0 Å². The number of hydrogen-bond acceptors (Lipinski definition) is 3. The quantitative estimate of drug-likeness (QED) is 0.649. The predicted molar refractivity (Wildman–Crippen MR) is 79.1 cm³/mol. The average molecular weight is 305 g/mol. The van der Waals surface area contributed by atoms with E-state index in [1.54, 1.807) is 0 Å². The van der Waals surface area contributed by atoms with Gasteiger partial charge in [0, 0.05) is 13.0 Å². The molecular formula is C14H27NO4S. The summed E-state index contributed by atoms with van der Waals surface area (Å²) in [6.45, 7) is 2.50. The molecule has 118 valence electrons. The molecule has 0 aromatic rings. The Kier molecular flexibility index (Phi) is 7.51. The topological polar surface area (TPSA) is 83.5 Å². The van der Waals surface area contributed by atoms with Gasteiger partial charge in [0.2, 0.25) is 10.0 Å². The lowest BCUT2D eigenvalue weighted by atomic mass is 9.95.